The van der Waals surface area contributed by atoms with E-state index >= 15 is 0 Å². The molecule has 2 unspecified atom stereocenters. The van der Waals surface area contributed by atoms with E-state index in [0.717, 1.165) is 24.5 Å². The molecule has 12 heteroatoms. The van der Waals surface area contributed by atoms with Gasteiger partial charge in [0.25, 0.3) is 0 Å². The number of hydrogen-bond acceptors (Lipinski definition) is 7. The Bertz CT molecular complexity index is 836. The van der Waals surface area contributed by atoms with Crippen LogP contribution in [0.1, 0.15) is 45.6 Å². The summed E-state index contributed by atoms with van der Waals surface area (Å²) < 4.78 is 30.3. The molecule has 0 heterocycles. The summed E-state index contributed by atoms with van der Waals surface area (Å²) in [5.74, 6) is -0.453. The molecule has 0 aliphatic rings. The highest BCUT2D eigenvalue weighted by molar-refractivity contribution is 8.15. The van der Waals surface area contributed by atoms with Gasteiger partial charge in [0.2, 0.25) is 7.09 Å². The van der Waals surface area contributed by atoms with Crippen molar-refractivity contribution in [2.75, 3.05) is 19.9 Å². The summed E-state index contributed by atoms with van der Waals surface area (Å²) in [6.45, 7) is 9.70. The maximum absolute atomic E-state index is 12.9. The van der Waals surface area contributed by atoms with Crippen LogP contribution in [0, 0.1) is 5.41 Å². The number of Topliss-reactive ketones (excluding diaryl/α,β-unsaturated/α-hetero) is 2. The minimum Gasteiger partial charge on any atom is -0.371 e. The largest absolute Gasteiger partial charge is 0.371 e. The third-order valence-electron chi connectivity index (χ3n) is 5.31. The average molecular weight is 549 g/mol. The second-order valence-electron chi connectivity index (χ2n) is 9.05. The first-order chi connectivity index (χ1) is 17.4. The fourth-order valence-electron chi connectivity index (χ4n) is 3.27. The molecule has 1 aromatic carbocycles. The fraction of sp³-hybridized carbons (Fsp3) is 0.583. The van der Waals surface area contributed by atoms with Crippen molar-refractivity contribution in [2.45, 2.75) is 65.0 Å². The summed E-state index contributed by atoms with van der Waals surface area (Å²) >= 11 is 0.830. The molecule has 0 aromatic heterocycles. The molecule has 6 nitrogen and oxygen atoms in total. The van der Waals surface area contributed by atoms with Gasteiger partial charge in [0, 0.05) is 18.3 Å². The summed E-state index contributed by atoms with van der Waals surface area (Å²) in [7, 11) is 10.5. The normalized spacial score (nSPS) is 16.6. The predicted molar refractivity (Wildman–Crippen MR) is 155 cm³/mol. The third kappa shape index (κ3) is 14.5. The third-order valence-corrected chi connectivity index (χ3v) is 6.85. The van der Waals surface area contributed by atoms with Crippen molar-refractivity contribution in [1.29, 1.82) is 1.34 Å². The first-order valence-electron chi connectivity index (χ1n) is 12.2. The van der Waals surface area contributed by atoms with Crippen molar-refractivity contribution in [1.82, 2.24) is 0 Å². The lowest BCUT2D eigenvalue weighted by molar-refractivity contribution is -0.131. The van der Waals surface area contributed by atoms with Crippen molar-refractivity contribution in [3.63, 3.8) is 0 Å². The molecule has 0 bridgehead atoms. The molecule has 193 valence electrons. The monoisotopic (exact) mass is 549 g/mol. The Morgan fingerprint density at radius 1 is 1.22 bits per heavy atom. The van der Waals surface area contributed by atoms with Gasteiger partial charge in [0.1, 0.15) is 26.7 Å². The Morgan fingerprint density at radius 3 is 2.53 bits per heavy atom. The highest BCUT2D eigenvalue weighted by Crippen LogP contribution is 2.32. The lowest BCUT2D eigenvalue weighted by Crippen LogP contribution is -2.33. The standard InChI is InChI=1S/C24H36B3O6P2S/c1-18(30-17-19-10-7-6-8-11-19)22(32-35(5)26)16-21(33-36-27)14-20(28)15-23(29)24(2,3)12-9-13-31-34(4)25/h6-12,18,21-22,27H,13-17H2,1-5H3/b12-9+/t18-,21+,22-,34?,35?/m1/s1/i27T. The van der Waals surface area contributed by atoms with Crippen LogP contribution in [0.3, 0.4) is 0 Å². The van der Waals surface area contributed by atoms with Crippen LogP contribution in [0.25, 0.3) is 0 Å². The smallest absolute Gasteiger partial charge is 0.209 e. The summed E-state index contributed by atoms with van der Waals surface area (Å²) in [6, 6.07) is 9.78. The van der Waals surface area contributed by atoms with E-state index in [1.165, 1.54) is 0 Å². The number of rotatable bonds is 20. The van der Waals surface area contributed by atoms with E-state index in [4.69, 9.17) is 34.4 Å². The zero-order chi connectivity index (χ0) is 27.8. The molecule has 0 fully saturated rings. The number of benzene rings is 1. The average Bonchev–Trinajstić information content (AvgIpc) is 2.83. The van der Waals surface area contributed by atoms with Crippen molar-refractivity contribution in [2.24, 2.45) is 5.41 Å². The van der Waals surface area contributed by atoms with Gasteiger partial charge in [0.15, 0.2) is 0 Å². The van der Waals surface area contributed by atoms with E-state index in [2.05, 4.69) is 0 Å². The van der Waals surface area contributed by atoms with Crippen molar-refractivity contribution in [3.8, 4) is 0 Å². The molecule has 36 heavy (non-hydrogen) atoms. The molecule has 0 spiro atoms. The van der Waals surface area contributed by atoms with Crippen LogP contribution in [0.4, 0.5) is 0 Å². The lowest BCUT2D eigenvalue weighted by Gasteiger charge is -2.30. The summed E-state index contributed by atoms with van der Waals surface area (Å²) in [4.78, 5) is 25.7. The van der Waals surface area contributed by atoms with Gasteiger partial charge in [-0.2, -0.15) is 0 Å². The molecule has 0 saturated carbocycles. The van der Waals surface area contributed by atoms with E-state index in [0.29, 0.717) is 19.6 Å². The molecule has 0 aliphatic heterocycles. The van der Waals surface area contributed by atoms with E-state index in [9.17, 15) is 9.59 Å². The van der Waals surface area contributed by atoms with Crippen LogP contribution >= 0.6 is 27.9 Å². The summed E-state index contributed by atoms with van der Waals surface area (Å²) in [5, 5.41) is 0. The Balaban J connectivity index is 2.79. The number of carbonyl (C=O) groups is 2. The first kappa shape index (κ1) is 31.8. The highest BCUT2D eigenvalue weighted by Gasteiger charge is 2.30. The van der Waals surface area contributed by atoms with Crippen molar-refractivity contribution < 1.29 is 27.6 Å². The van der Waals surface area contributed by atoms with Crippen LogP contribution < -0.4 is 0 Å². The SMILES string of the molecule is [3H][B]SO[C@@H](CC(=O)CC(=O)C(C)(C)/C=C/COP([B])C)C[C@@H](OP([B])C)[C@@H](C)OCc1ccccc1. The van der Waals surface area contributed by atoms with E-state index in [1.807, 2.05) is 37.3 Å². The highest BCUT2D eigenvalue weighted by atomic mass is 32.2. The molecular weight excluding hydrogens is 511 g/mol. The van der Waals surface area contributed by atoms with Gasteiger partial charge in [-0.15, -0.1) is 0 Å². The maximum Gasteiger partial charge on any atom is 0.209 e. The summed E-state index contributed by atoms with van der Waals surface area (Å²) in [5.41, 5.74) is 0.204. The number of ether oxygens (including phenoxy) is 1. The van der Waals surface area contributed by atoms with Crippen molar-refractivity contribution >= 4 is 61.7 Å². The predicted octanol–water partition coefficient (Wildman–Crippen LogP) is 4.95. The number of carbonyl (C=O) groups excluding carboxylic acids is 2. The van der Waals surface area contributed by atoms with Crippen molar-refractivity contribution in [3.05, 3.63) is 48.0 Å². The first-order valence-corrected chi connectivity index (χ1v) is 16.0. The number of ketones is 2. The van der Waals surface area contributed by atoms with E-state index in [1.54, 1.807) is 39.3 Å². The summed E-state index contributed by atoms with van der Waals surface area (Å²) in [6.07, 6.45) is 2.22. The molecule has 0 amide bonds. The van der Waals surface area contributed by atoms with Crippen LogP contribution in [0.15, 0.2) is 42.5 Å². The van der Waals surface area contributed by atoms with Gasteiger partial charge in [0.05, 0.1) is 37.9 Å². The quantitative estimate of drug-likeness (QED) is 0.0750. The Kier molecular flexibility index (Phi) is 15.8. The van der Waals surface area contributed by atoms with Gasteiger partial charge < -0.3 is 18.0 Å². The van der Waals surface area contributed by atoms with Crippen LogP contribution in [0.5, 0.6) is 0 Å². The minimum absolute atomic E-state index is 0.000262. The molecule has 0 N–H and O–H groups in total. The fourth-order valence-corrected chi connectivity index (χ4v) is 4.58. The molecule has 1 rings (SSSR count). The van der Waals surface area contributed by atoms with Gasteiger partial charge in [-0.3, -0.25) is 9.59 Å². The molecule has 5 radical (unpaired) electrons. The number of hydrogen-bond donors (Lipinski definition) is 0. The van der Waals surface area contributed by atoms with Gasteiger partial charge in [-0.05, 0) is 57.1 Å². The Hall–Kier alpha value is -0.455. The zero-order valence-electron chi connectivity index (χ0n) is 22.8. The van der Waals surface area contributed by atoms with Crippen LogP contribution in [0.2, 0.25) is 0 Å². The topological polar surface area (TPSA) is 71.1 Å². The van der Waals surface area contributed by atoms with Gasteiger partial charge in [-0.25, -0.2) is 0 Å². The minimum atomic E-state index is -1.19. The van der Waals surface area contributed by atoms with E-state index in [-0.39, 0.29) is 30.5 Å². The lowest BCUT2D eigenvalue weighted by atomic mass is 9.84. The van der Waals surface area contributed by atoms with Crippen LogP contribution in [-0.2, 0) is 34.2 Å². The Labute approximate surface area is 228 Å². The molecule has 1 aromatic rings. The van der Waals surface area contributed by atoms with Gasteiger partial charge in [-0.1, -0.05) is 54.4 Å². The second kappa shape index (κ2) is 17.9. The maximum atomic E-state index is 12.9. The molecule has 0 aliphatic carbocycles. The zero-order valence-corrected chi connectivity index (χ0v) is 24.4. The second-order valence-corrected chi connectivity index (χ2v) is 12.1. The van der Waals surface area contributed by atoms with E-state index < -0.39 is 33.7 Å². The molecule has 5 atom stereocenters. The molecule has 0 saturated heterocycles. The Morgan fingerprint density at radius 2 is 1.92 bits per heavy atom. The van der Waals surface area contributed by atoms with Gasteiger partial charge >= 0.3 is 0 Å². The molecular formula is C24H36B3O6P2S. The number of allylic oxidation sites excluding steroid dienone is 1. The van der Waals surface area contributed by atoms with Crippen LogP contribution in [-0.4, -0.2) is 73.4 Å².